The molecule has 0 saturated carbocycles. The number of nitrogens with one attached hydrogen (secondary N) is 1. The first-order chi connectivity index (χ1) is 15.4. The molecule has 0 bridgehead atoms. The first-order valence-electron chi connectivity index (χ1n) is 10.7. The van der Waals surface area contributed by atoms with Crippen molar-refractivity contribution in [3.05, 3.63) is 47.9 Å². The van der Waals surface area contributed by atoms with E-state index >= 15 is 0 Å². The molecule has 0 unspecified atom stereocenters. The Balaban J connectivity index is 1.78. The largest absolute Gasteiger partial charge is 0.467 e. The summed E-state index contributed by atoms with van der Waals surface area (Å²) in [6.45, 7) is 5.40. The van der Waals surface area contributed by atoms with Crippen LogP contribution in [0.2, 0.25) is 0 Å². The maximum Gasteiger partial charge on any atom is 0.340 e. The molecule has 1 aliphatic heterocycles. The fourth-order valence-corrected chi connectivity index (χ4v) is 5.13. The van der Waals surface area contributed by atoms with E-state index in [-0.39, 0.29) is 17.0 Å². The first kappa shape index (κ1) is 23.8. The number of anilines is 1. The van der Waals surface area contributed by atoms with Crippen LogP contribution < -0.4 is 10.2 Å². The lowest BCUT2D eigenvalue weighted by Gasteiger charge is -2.23. The number of sulfonamides is 1. The van der Waals surface area contributed by atoms with Gasteiger partial charge in [-0.3, -0.25) is 4.79 Å². The van der Waals surface area contributed by atoms with Crippen LogP contribution in [0, 0.1) is 0 Å². The second-order valence-electron chi connectivity index (χ2n) is 7.39. The predicted octanol–water partition coefficient (Wildman–Crippen LogP) is 2.38. The number of benzene rings is 1. The lowest BCUT2D eigenvalue weighted by Crippen LogP contribution is -2.31. The van der Waals surface area contributed by atoms with Crippen LogP contribution in [0.4, 0.5) is 5.69 Å². The van der Waals surface area contributed by atoms with Gasteiger partial charge in [-0.2, -0.15) is 4.31 Å². The maximum absolute atomic E-state index is 13.0. The Bertz CT molecular complexity index is 1030. The van der Waals surface area contributed by atoms with Gasteiger partial charge in [0.05, 0.1) is 29.0 Å². The summed E-state index contributed by atoms with van der Waals surface area (Å²) in [5, 5.41) is 2.60. The second kappa shape index (κ2) is 10.6. The predicted molar refractivity (Wildman–Crippen MR) is 119 cm³/mol. The Morgan fingerprint density at radius 2 is 1.88 bits per heavy atom. The summed E-state index contributed by atoms with van der Waals surface area (Å²) < 4.78 is 37.6. The van der Waals surface area contributed by atoms with Crippen molar-refractivity contribution in [3.8, 4) is 0 Å². The zero-order chi connectivity index (χ0) is 23.1. The van der Waals surface area contributed by atoms with Crippen molar-refractivity contribution in [3.63, 3.8) is 0 Å². The van der Waals surface area contributed by atoms with Gasteiger partial charge in [0.25, 0.3) is 5.91 Å². The van der Waals surface area contributed by atoms with E-state index < -0.39 is 28.5 Å². The van der Waals surface area contributed by atoms with Crippen LogP contribution in [-0.4, -0.2) is 57.4 Å². The summed E-state index contributed by atoms with van der Waals surface area (Å²) >= 11 is 0. The van der Waals surface area contributed by atoms with E-state index in [1.807, 2.05) is 4.90 Å². The van der Waals surface area contributed by atoms with Gasteiger partial charge in [-0.15, -0.1) is 0 Å². The molecule has 1 fully saturated rings. The molecule has 1 aromatic carbocycles. The summed E-state index contributed by atoms with van der Waals surface area (Å²) in [7, 11) is -3.75. The fraction of sp³-hybridized carbons (Fsp3) is 0.455. The smallest absolute Gasteiger partial charge is 0.340 e. The standard InChI is InChI=1S/C22H29N3O6S/c1-3-25(4-2)32(28,29)18-9-10-20(24-11-5-6-12-24)19(14-18)22(27)31-16-21(26)23-15-17-8-7-13-30-17/h7-10,13-14H,3-6,11-12,15-16H2,1-2H3,(H,23,26). The number of carbonyl (C=O) groups is 2. The molecular formula is C22H29N3O6S. The number of carbonyl (C=O) groups excluding carboxylic acids is 2. The van der Waals surface area contributed by atoms with E-state index in [4.69, 9.17) is 9.15 Å². The normalized spacial score (nSPS) is 14.0. The molecule has 2 aromatic rings. The van der Waals surface area contributed by atoms with Gasteiger partial charge >= 0.3 is 5.97 Å². The van der Waals surface area contributed by atoms with Crippen molar-refractivity contribution >= 4 is 27.6 Å². The minimum absolute atomic E-state index is 0.0263. The molecular weight excluding hydrogens is 434 g/mol. The lowest BCUT2D eigenvalue weighted by atomic mass is 10.1. The summed E-state index contributed by atoms with van der Waals surface area (Å²) in [4.78, 5) is 27.0. The SMILES string of the molecule is CCN(CC)S(=O)(=O)c1ccc(N2CCCC2)c(C(=O)OCC(=O)NCc2ccco2)c1. The van der Waals surface area contributed by atoms with E-state index in [2.05, 4.69) is 5.32 Å². The van der Waals surface area contributed by atoms with Crippen LogP contribution in [0.25, 0.3) is 0 Å². The van der Waals surface area contributed by atoms with Gasteiger partial charge in [-0.05, 0) is 43.2 Å². The number of nitrogens with zero attached hydrogens (tertiary/aromatic N) is 2. The van der Waals surface area contributed by atoms with E-state index in [9.17, 15) is 18.0 Å². The highest BCUT2D eigenvalue weighted by Crippen LogP contribution is 2.29. The molecule has 32 heavy (non-hydrogen) atoms. The number of amides is 1. The third-order valence-electron chi connectivity index (χ3n) is 5.35. The van der Waals surface area contributed by atoms with Gasteiger partial charge < -0.3 is 19.4 Å². The molecule has 0 spiro atoms. The van der Waals surface area contributed by atoms with Crippen molar-refractivity contribution in [2.24, 2.45) is 0 Å². The molecule has 0 atom stereocenters. The molecule has 2 heterocycles. The zero-order valence-electron chi connectivity index (χ0n) is 18.4. The van der Waals surface area contributed by atoms with Crippen molar-refractivity contribution < 1.29 is 27.2 Å². The quantitative estimate of drug-likeness (QED) is 0.539. The highest BCUT2D eigenvalue weighted by Gasteiger charge is 2.27. The Labute approximate surface area is 188 Å². The van der Waals surface area contributed by atoms with Crippen molar-refractivity contribution in [2.75, 3.05) is 37.7 Å². The van der Waals surface area contributed by atoms with Crippen LogP contribution >= 0.6 is 0 Å². The number of hydrogen-bond donors (Lipinski definition) is 1. The molecule has 10 heteroatoms. The van der Waals surface area contributed by atoms with Gasteiger partial charge in [-0.1, -0.05) is 13.8 Å². The lowest BCUT2D eigenvalue weighted by molar-refractivity contribution is -0.124. The molecule has 1 saturated heterocycles. The van der Waals surface area contributed by atoms with Crippen molar-refractivity contribution in [2.45, 2.75) is 38.1 Å². The Kier molecular flexibility index (Phi) is 7.92. The molecule has 0 radical (unpaired) electrons. The maximum atomic E-state index is 13.0. The monoisotopic (exact) mass is 463 g/mol. The average Bonchev–Trinajstić information content (AvgIpc) is 3.50. The molecule has 1 aromatic heterocycles. The third-order valence-corrected chi connectivity index (χ3v) is 7.40. The van der Waals surface area contributed by atoms with Crippen LogP contribution in [0.1, 0.15) is 42.8 Å². The number of ether oxygens (including phenoxy) is 1. The Morgan fingerprint density at radius 1 is 1.16 bits per heavy atom. The van der Waals surface area contributed by atoms with Crippen molar-refractivity contribution in [1.82, 2.24) is 9.62 Å². The van der Waals surface area contributed by atoms with Crippen LogP contribution in [0.3, 0.4) is 0 Å². The zero-order valence-corrected chi connectivity index (χ0v) is 19.2. The molecule has 9 nitrogen and oxygen atoms in total. The van der Waals surface area contributed by atoms with Crippen LogP contribution in [-0.2, 0) is 26.1 Å². The molecule has 174 valence electrons. The van der Waals surface area contributed by atoms with Gasteiger partial charge in [-0.25, -0.2) is 13.2 Å². The topological polar surface area (TPSA) is 109 Å². The van der Waals surface area contributed by atoms with Gasteiger partial charge in [0.2, 0.25) is 10.0 Å². The van der Waals surface area contributed by atoms with Gasteiger partial charge in [0, 0.05) is 26.2 Å². The highest BCUT2D eigenvalue weighted by molar-refractivity contribution is 7.89. The number of esters is 1. The first-order valence-corrected chi connectivity index (χ1v) is 12.2. The molecule has 1 aliphatic rings. The minimum Gasteiger partial charge on any atom is -0.467 e. The van der Waals surface area contributed by atoms with Crippen molar-refractivity contribution in [1.29, 1.82) is 0 Å². The number of rotatable bonds is 10. The summed E-state index contributed by atoms with van der Waals surface area (Å²) in [6, 6.07) is 7.95. The molecule has 1 amide bonds. The van der Waals surface area contributed by atoms with Gasteiger partial charge in [0.1, 0.15) is 5.76 Å². The number of hydrogen-bond acceptors (Lipinski definition) is 7. The van der Waals surface area contributed by atoms with E-state index in [0.29, 0.717) is 24.5 Å². The molecule has 0 aliphatic carbocycles. The average molecular weight is 464 g/mol. The van der Waals surface area contributed by atoms with E-state index in [0.717, 1.165) is 25.9 Å². The third kappa shape index (κ3) is 5.49. The molecule has 1 N–H and O–H groups in total. The summed E-state index contributed by atoms with van der Waals surface area (Å²) in [5.74, 6) is -0.642. The summed E-state index contributed by atoms with van der Waals surface area (Å²) in [5.41, 5.74) is 0.751. The fourth-order valence-electron chi connectivity index (χ4n) is 3.64. The van der Waals surface area contributed by atoms with Crippen LogP contribution in [0.15, 0.2) is 45.9 Å². The second-order valence-corrected chi connectivity index (χ2v) is 9.33. The van der Waals surface area contributed by atoms with Gasteiger partial charge in [0.15, 0.2) is 6.61 Å². The van der Waals surface area contributed by atoms with Crippen LogP contribution in [0.5, 0.6) is 0 Å². The van der Waals surface area contributed by atoms with E-state index in [1.54, 1.807) is 32.0 Å². The van der Waals surface area contributed by atoms with E-state index in [1.165, 1.54) is 22.7 Å². The summed E-state index contributed by atoms with van der Waals surface area (Å²) in [6.07, 6.45) is 3.48. The highest BCUT2D eigenvalue weighted by atomic mass is 32.2. The number of furan rings is 1. The Morgan fingerprint density at radius 3 is 2.50 bits per heavy atom. The Hall–Kier alpha value is -2.85. The minimum atomic E-state index is -3.75. The molecule has 3 rings (SSSR count).